The van der Waals surface area contributed by atoms with Crippen molar-refractivity contribution in [1.82, 2.24) is 9.62 Å². The van der Waals surface area contributed by atoms with Crippen molar-refractivity contribution in [3.63, 3.8) is 0 Å². The molecular formula is C13H19ClN2O2S. The SMILES string of the molecule is CS(=O)(=O)NCCN1CCC[C@H]1c1ccc(Cl)cc1. The van der Waals surface area contributed by atoms with Crippen LogP contribution in [0.3, 0.4) is 0 Å². The van der Waals surface area contributed by atoms with Gasteiger partial charge in [-0.25, -0.2) is 13.1 Å². The third-order valence-corrected chi connectivity index (χ3v) is 4.36. The van der Waals surface area contributed by atoms with Gasteiger partial charge < -0.3 is 0 Å². The standard InChI is InChI=1S/C13H19ClN2O2S/c1-19(17,18)15-8-10-16-9-2-3-13(16)11-4-6-12(14)7-5-11/h4-7,13,15H,2-3,8-10H2,1H3/t13-/m0/s1. The molecule has 1 aliphatic heterocycles. The van der Waals surface area contributed by atoms with E-state index >= 15 is 0 Å². The minimum absolute atomic E-state index is 0.374. The van der Waals surface area contributed by atoms with E-state index in [1.165, 1.54) is 11.8 Å². The van der Waals surface area contributed by atoms with E-state index in [9.17, 15) is 8.42 Å². The molecule has 1 aromatic rings. The fourth-order valence-corrected chi connectivity index (χ4v) is 3.12. The minimum Gasteiger partial charge on any atom is -0.295 e. The van der Waals surface area contributed by atoms with E-state index < -0.39 is 10.0 Å². The van der Waals surface area contributed by atoms with Gasteiger partial charge in [0, 0.05) is 24.2 Å². The monoisotopic (exact) mass is 302 g/mol. The van der Waals surface area contributed by atoms with Crippen LogP contribution in [0.1, 0.15) is 24.4 Å². The van der Waals surface area contributed by atoms with Crippen molar-refractivity contribution in [1.29, 1.82) is 0 Å². The molecule has 0 aromatic heterocycles. The molecule has 2 rings (SSSR count). The van der Waals surface area contributed by atoms with Crippen LogP contribution in [0.2, 0.25) is 5.02 Å². The number of nitrogens with zero attached hydrogens (tertiary/aromatic N) is 1. The molecule has 1 aliphatic rings. The zero-order valence-electron chi connectivity index (χ0n) is 11.0. The van der Waals surface area contributed by atoms with Gasteiger partial charge in [0.25, 0.3) is 0 Å². The molecule has 0 unspecified atom stereocenters. The van der Waals surface area contributed by atoms with Crippen molar-refractivity contribution in [3.8, 4) is 0 Å². The van der Waals surface area contributed by atoms with Crippen LogP contribution in [0.25, 0.3) is 0 Å². The Morgan fingerprint density at radius 2 is 2.05 bits per heavy atom. The fraction of sp³-hybridized carbons (Fsp3) is 0.538. The first-order valence-corrected chi connectivity index (χ1v) is 8.67. The number of likely N-dealkylation sites (tertiary alicyclic amines) is 1. The predicted octanol–water partition coefficient (Wildman–Crippen LogP) is 2.03. The van der Waals surface area contributed by atoms with Crippen LogP contribution in [-0.4, -0.2) is 39.2 Å². The van der Waals surface area contributed by atoms with Crippen LogP contribution in [0.4, 0.5) is 0 Å². The number of benzene rings is 1. The van der Waals surface area contributed by atoms with Crippen molar-refractivity contribution >= 4 is 21.6 Å². The lowest BCUT2D eigenvalue weighted by molar-refractivity contribution is 0.262. The minimum atomic E-state index is -3.10. The van der Waals surface area contributed by atoms with Crippen molar-refractivity contribution in [2.45, 2.75) is 18.9 Å². The van der Waals surface area contributed by atoms with Crippen LogP contribution in [0.15, 0.2) is 24.3 Å². The highest BCUT2D eigenvalue weighted by atomic mass is 35.5. The van der Waals surface area contributed by atoms with Crippen LogP contribution >= 0.6 is 11.6 Å². The molecular weight excluding hydrogens is 284 g/mol. The van der Waals surface area contributed by atoms with E-state index in [0.717, 1.165) is 31.0 Å². The number of hydrogen-bond acceptors (Lipinski definition) is 3. The number of rotatable bonds is 5. The van der Waals surface area contributed by atoms with Gasteiger partial charge in [-0.1, -0.05) is 23.7 Å². The van der Waals surface area contributed by atoms with E-state index in [0.29, 0.717) is 12.6 Å². The Hall–Kier alpha value is -0.620. The summed E-state index contributed by atoms with van der Waals surface area (Å²) in [5, 5.41) is 0.743. The Balaban J connectivity index is 1.95. The van der Waals surface area contributed by atoms with Gasteiger partial charge in [0.05, 0.1) is 6.26 Å². The summed E-state index contributed by atoms with van der Waals surface area (Å²) in [5.41, 5.74) is 1.25. The Morgan fingerprint density at radius 1 is 1.37 bits per heavy atom. The molecule has 0 amide bonds. The maximum Gasteiger partial charge on any atom is 0.208 e. The smallest absolute Gasteiger partial charge is 0.208 e. The van der Waals surface area contributed by atoms with Crippen LogP contribution in [0, 0.1) is 0 Å². The number of nitrogens with one attached hydrogen (secondary N) is 1. The summed E-state index contributed by atoms with van der Waals surface area (Å²) in [4.78, 5) is 2.32. The van der Waals surface area contributed by atoms with E-state index in [1.54, 1.807) is 0 Å². The number of halogens is 1. The van der Waals surface area contributed by atoms with Crippen molar-refractivity contribution < 1.29 is 8.42 Å². The second-order valence-electron chi connectivity index (χ2n) is 4.91. The third kappa shape index (κ3) is 4.45. The Bertz CT molecular complexity index is 516. The highest BCUT2D eigenvalue weighted by Gasteiger charge is 2.25. The average molecular weight is 303 g/mol. The van der Waals surface area contributed by atoms with Gasteiger partial charge in [-0.2, -0.15) is 0 Å². The largest absolute Gasteiger partial charge is 0.295 e. The zero-order valence-corrected chi connectivity index (χ0v) is 12.5. The molecule has 1 saturated heterocycles. The second kappa shape index (κ2) is 6.22. The lowest BCUT2D eigenvalue weighted by Crippen LogP contribution is -2.34. The maximum atomic E-state index is 11.0. The number of sulfonamides is 1. The van der Waals surface area contributed by atoms with Crippen molar-refractivity contribution in [2.75, 3.05) is 25.9 Å². The molecule has 1 heterocycles. The van der Waals surface area contributed by atoms with Crippen molar-refractivity contribution in [3.05, 3.63) is 34.9 Å². The summed E-state index contributed by atoms with van der Waals surface area (Å²) >= 11 is 5.90. The molecule has 4 nitrogen and oxygen atoms in total. The summed E-state index contributed by atoms with van der Waals surface area (Å²) in [5.74, 6) is 0. The molecule has 0 bridgehead atoms. The summed E-state index contributed by atoms with van der Waals surface area (Å²) in [6.45, 7) is 2.21. The normalized spacial score (nSPS) is 20.8. The molecule has 0 aliphatic carbocycles. The van der Waals surface area contributed by atoms with E-state index in [2.05, 4.69) is 21.8 Å². The topological polar surface area (TPSA) is 49.4 Å². The maximum absolute atomic E-state index is 11.0. The van der Waals surface area contributed by atoms with Gasteiger partial charge in [-0.15, -0.1) is 0 Å². The predicted molar refractivity (Wildman–Crippen MR) is 77.8 cm³/mol. The van der Waals surface area contributed by atoms with Gasteiger partial charge in [0.1, 0.15) is 0 Å². The molecule has 1 aromatic carbocycles. The first-order chi connectivity index (χ1) is 8.96. The second-order valence-corrected chi connectivity index (χ2v) is 7.18. The van der Waals surface area contributed by atoms with Gasteiger partial charge in [-0.05, 0) is 37.1 Å². The molecule has 0 saturated carbocycles. The fourth-order valence-electron chi connectivity index (χ4n) is 2.53. The number of hydrogen-bond donors (Lipinski definition) is 1. The lowest BCUT2D eigenvalue weighted by Gasteiger charge is -2.24. The first kappa shape index (κ1) is 14.8. The summed E-state index contributed by atoms with van der Waals surface area (Å²) in [6.07, 6.45) is 3.44. The zero-order chi connectivity index (χ0) is 13.9. The van der Waals surface area contributed by atoms with E-state index in [4.69, 9.17) is 11.6 Å². The van der Waals surface area contributed by atoms with Gasteiger partial charge in [0.2, 0.25) is 10.0 Å². The van der Waals surface area contributed by atoms with Crippen LogP contribution in [-0.2, 0) is 10.0 Å². The summed E-state index contributed by atoms with van der Waals surface area (Å²) in [7, 11) is -3.10. The quantitative estimate of drug-likeness (QED) is 0.905. The van der Waals surface area contributed by atoms with E-state index in [-0.39, 0.29) is 0 Å². The highest BCUT2D eigenvalue weighted by Crippen LogP contribution is 2.31. The van der Waals surface area contributed by atoms with Crippen LogP contribution in [0.5, 0.6) is 0 Å². The first-order valence-electron chi connectivity index (χ1n) is 6.40. The van der Waals surface area contributed by atoms with Gasteiger partial charge >= 0.3 is 0 Å². The summed E-state index contributed by atoms with van der Waals surface area (Å²) in [6, 6.07) is 8.29. The van der Waals surface area contributed by atoms with E-state index in [1.807, 2.05) is 12.1 Å². The van der Waals surface area contributed by atoms with Gasteiger partial charge in [0.15, 0.2) is 0 Å². The molecule has 6 heteroatoms. The Kier molecular flexibility index (Phi) is 4.84. The molecule has 0 spiro atoms. The third-order valence-electron chi connectivity index (χ3n) is 3.38. The molecule has 1 fully saturated rings. The van der Waals surface area contributed by atoms with Crippen molar-refractivity contribution in [2.24, 2.45) is 0 Å². The van der Waals surface area contributed by atoms with Crippen LogP contribution < -0.4 is 4.72 Å². The Labute approximate surface area is 119 Å². The molecule has 0 radical (unpaired) electrons. The Morgan fingerprint density at radius 3 is 2.68 bits per heavy atom. The highest BCUT2D eigenvalue weighted by molar-refractivity contribution is 7.88. The molecule has 1 atom stereocenters. The average Bonchev–Trinajstić information content (AvgIpc) is 2.77. The van der Waals surface area contributed by atoms with Gasteiger partial charge in [-0.3, -0.25) is 4.90 Å². The molecule has 19 heavy (non-hydrogen) atoms. The lowest BCUT2D eigenvalue weighted by atomic mass is 10.0. The molecule has 106 valence electrons. The molecule has 1 N–H and O–H groups in total. The summed E-state index contributed by atoms with van der Waals surface area (Å²) < 4.78 is 24.6.